The van der Waals surface area contributed by atoms with Gasteiger partial charge in [0.15, 0.2) is 0 Å². The summed E-state index contributed by atoms with van der Waals surface area (Å²) in [5.74, 6) is 0.151. The van der Waals surface area contributed by atoms with Crippen LogP contribution in [0.25, 0.3) is 11.0 Å². The third-order valence-electron chi connectivity index (χ3n) is 3.26. The van der Waals surface area contributed by atoms with Gasteiger partial charge >= 0.3 is 0 Å². The predicted molar refractivity (Wildman–Crippen MR) is 78.8 cm³/mol. The summed E-state index contributed by atoms with van der Waals surface area (Å²) < 4.78 is 3.09. The topological polar surface area (TPSA) is 50.9 Å². The maximum absolute atomic E-state index is 9.84. The van der Waals surface area contributed by atoms with Gasteiger partial charge < -0.3 is 5.11 Å². The van der Waals surface area contributed by atoms with E-state index in [4.69, 9.17) is 0 Å². The number of nitrogens with zero attached hydrogens (tertiary/aromatic N) is 3. The zero-order valence-corrected chi connectivity index (χ0v) is 13.9. The van der Waals surface area contributed by atoms with Crippen LogP contribution < -0.4 is 0 Å². The summed E-state index contributed by atoms with van der Waals surface area (Å²) in [5, 5.41) is 18.2. The molecule has 1 heterocycles. The van der Waals surface area contributed by atoms with Gasteiger partial charge in [0.2, 0.25) is 0 Å². The fourth-order valence-corrected chi connectivity index (χ4v) is 2.83. The third-order valence-corrected chi connectivity index (χ3v) is 4.61. The molecule has 0 aliphatic heterocycles. The van der Waals surface area contributed by atoms with Crippen molar-refractivity contribution in [2.24, 2.45) is 5.41 Å². The number of halogens is 2. The maximum Gasteiger partial charge on any atom is 0.146 e. The van der Waals surface area contributed by atoms with Crippen LogP contribution in [0.2, 0.25) is 0 Å². The molecule has 0 saturated heterocycles. The molecular formula is C12H15Br2N3O. The minimum atomic E-state index is 0.0808. The van der Waals surface area contributed by atoms with E-state index >= 15 is 0 Å². The molecule has 0 aliphatic carbocycles. The Morgan fingerprint density at radius 3 is 2.50 bits per heavy atom. The minimum Gasteiger partial charge on any atom is -0.505 e. The van der Waals surface area contributed by atoms with E-state index in [1.165, 1.54) is 0 Å². The number of hydrogen-bond donors (Lipinski definition) is 1. The molecule has 0 aliphatic rings. The van der Waals surface area contributed by atoms with Gasteiger partial charge in [-0.1, -0.05) is 26.0 Å². The molecule has 0 spiro atoms. The normalized spacial score (nSPS) is 14.1. The molecule has 98 valence electrons. The second kappa shape index (κ2) is 4.49. The molecule has 0 fully saturated rings. The average molecular weight is 377 g/mol. The predicted octanol–water partition coefficient (Wildman–Crippen LogP) is 4.27. The van der Waals surface area contributed by atoms with E-state index in [-0.39, 0.29) is 17.2 Å². The number of benzene rings is 1. The molecular weight excluding hydrogens is 362 g/mol. The molecule has 6 heteroatoms. The molecule has 1 atom stereocenters. The second-order valence-electron chi connectivity index (χ2n) is 5.46. The van der Waals surface area contributed by atoms with Crippen LogP contribution in [0.1, 0.15) is 33.7 Å². The zero-order chi connectivity index (χ0) is 13.7. The summed E-state index contributed by atoms with van der Waals surface area (Å²) in [7, 11) is 0. The van der Waals surface area contributed by atoms with E-state index < -0.39 is 0 Å². The molecule has 0 radical (unpaired) electrons. The van der Waals surface area contributed by atoms with E-state index in [1.807, 2.05) is 10.7 Å². The third kappa shape index (κ3) is 2.16. The van der Waals surface area contributed by atoms with Gasteiger partial charge in [-0.25, -0.2) is 4.68 Å². The summed E-state index contributed by atoms with van der Waals surface area (Å²) in [6, 6.07) is 2.04. The molecule has 1 aromatic carbocycles. The Bertz CT molecular complexity index is 601. The quantitative estimate of drug-likeness (QED) is 0.808. The van der Waals surface area contributed by atoms with Crippen molar-refractivity contribution < 1.29 is 5.11 Å². The fourth-order valence-electron chi connectivity index (χ4n) is 1.65. The van der Waals surface area contributed by atoms with Crippen LogP contribution >= 0.6 is 31.9 Å². The molecule has 2 rings (SSSR count). The number of aromatic nitrogens is 3. The molecule has 18 heavy (non-hydrogen) atoms. The maximum atomic E-state index is 9.84. The van der Waals surface area contributed by atoms with Gasteiger partial charge in [0.1, 0.15) is 11.3 Å². The Morgan fingerprint density at radius 1 is 1.33 bits per heavy atom. The number of rotatable bonds is 1. The minimum absolute atomic E-state index is 0.0808. The number of aromatic hydroxyl groups is 1. The zero-order valence-electron chi connectivity index (χ0n) is 10.7. The van der Waals surface area contributed by atoms with Gasteiger partial charge in [0.05, 0.1) is 20.5 Å². The highest BCUT2D eigenvalue weighted by Crippen LogP contribution is 2.39. The summed E-state index contributed by atoms with van der Waals surface area (Å²) >= 11 is 6.69. The molecule has 0 unspecified atom stereocenters. The van der Waals surface area contributed by atoms with Gasteiger partial charge in [0, 0.05) is 0 Å². The van der Waals surface area contributed by atoms with E-state index in [0.717, 1.165) is 5.52 Å². The first-order chi connectivity index (χ1) is 8.23. The first kappa shape index (κ1) is 13.8. The first-order valence-corrected chi connectivity index (χ1v) is 7.24. The van der Waals surface area contributed by atoms with Crippen LogP contribution in [0.3, 0.4) is 0 Å². The first-order valence-electron chi connectivity index (χ1n) is 5.65. The van der Waals surface area contributed by atoms with Crippen molar-refractivity contribution >= 4 is 42.9 Å². The summed E-state index contributed by atoms with van der Waals surface area (Å²) in [6.07, 6.45) is 0. The van der Waals surface area contributed by atoms with Crippen LogP contribution in [0.5, 0.6) is 5.75 Å². The highest BCUT2D eigenvalue weighted by molar-refractivity contribution is 9.11. The van der Waals surface area contributed by atoms with Crippen LogP contribution in [-0.4, -0.2) is 20.1 Å². The van der Waals surface area contributed by atoms with Crippen LogP contribution in [-0.2, 0) is 0 Å². The van der Waals surface area contributed by atoms with Crippen molar-refractivity contribution in [2.75, 3.05) is 0 Å². The average Bonchev–Trinajstić information content (AvgIpc) is 2.67. The molecule has 2 aromatic rings. The summed E-state index contributed by atoms with van der Waals surface area (Å²) in [6.45, 7) is 8.60. The summed E-state index contributed by atoms with van der Waals surface area (Å²) in [5.41, 5.74) is 1.65. The van der Waals surface area contributed by atoms with Crippen molar-refractivity contribution in [1.82, 2.24) is 15.0 Å². The van der Waals surface area contributed by atoms with Gasteiger partial charge in [-0.15, -0.1) is 5.10 Å². The standard InChI is InChI=1S/C12H15Br2N3O/c1-6(12(2,3)4)17-8-5-7(13)11(18)9(14)10(8)15-16-17/h5-6,18H,1-4H3/t6-/m1/s1. The lowest BCUT2D eigenvalue weighted by Gasteiger charge is -2.27. The molecule has 1 aromatic heterocycles. The number of fused-ring (bicyclic) bond motifs is 1. The van der Waals surface area contributed by atoms with Gasteiger partial charge in [0.25, 0.3) is 0 Å². The van der Waals surface area contributed by atoms with Crippen molar-refractivity contribution in [3.8, 4) is 5.75 Å². The molecule has 0 saturated carbocycles. The monoisotopic (exact) mass is 375 g/mol. The Hall–Kier alpha value is -0.620. The van der Waals surface area contributed by atoms with Crippen LogP contribution in [0.4, 0.5) is 0 Å². The molecule has 4 nitrogen and oxygen atoms in total. The van der Waals surface area contributed by atoms with Gasteiger partial charge in [-0.2, -0.15) is 0 Å². The molecule has 0 amide bonds. The second-order valence-corrected chi connectivity index (χ2v) is 7.11. The van der Waals surface area contributed by atoms with Crippen LogP contribution in [0, 0.1) is 5.41 Å². The van der Waals surface area contributed by atoms with Crippen molar-refractivity contribution in [1.29, 1.82) is 0 Å². The van der Waals surface area contributed by atoms with Crippen molar-refractivity contribution in [3.63, 3.8) is 0 Å². The highest BCUT2D eigenvalue weighted by Gasteiger charge is 2.25. The summed E-state index contributed by atoms with van der Waals surface area (Å²) in [4.78, 5) is 0. The number of phenols is 1. The SMILES string of the molecule is C[C@@H](n1nnc2c(Br)c(O)c(Br)cc21)C(C)(C)C. The molecule has 1 N–H and O–H groups in total. The van der Waals surface area contributed by atoms with Crippen molar-refractivity contribution in [3.05, 3.63) is 15.0 Å². The number of phenolic OH excluding ortho intramolecular Hbond substituents is 1. The lowest BCUT2D eigenvalue weighted by atomic mass is 9.88. The highest BCUT2D eigenvalue weighted by atomic mass is 79.9. The van der Waals surface area contributed by atoms with Crippen molar-refractivity contribution in [2.45, 2.75) is 33.7 Å². The smallest absolute Gasteiger partial charge is 0.146 e. The van der Waals surface area contributed by atoms with Gasteiger partial charge in [-0.05, 0) is 50.3 Å². The van der Waals surface area contributed by atoms with E-state index in [2.05, 4.69) is 69.9 Å². The largest absolute Gasteiger partial charge is 0.505 e. The molecule has 0 bridgehead atoms. The number of hydrogen-bond acceptors (Lipinski definition) is 3. The lowest BCUT2D eigenvalue weighted by molar-refractivity contribution is 0.247. The van der Waals surface area contributed by atoms with E-state index in [0.29, 0.717) is 14.5 Å². The fraction of sp³-hybridized carbons (Fsp3) is 0.500. The Morgan fingerprint density at radius 2 is 1.94 bits per heavy atom. The Kier molecular flexibility index (Phi) is 3.44. The van der Waals surface area contributed by atoms with E-state index in [9.17, 15) is 5.11 Å². The lowest BCUT2D eigenvalue weighted by Crippen LogP contribution is -2.22. The Labute approximate surface area is 123 Å². The van der Waals surface area contributed by atoms with Crippen LogP contribution in [0.15, 0.2) is 15.0 Å². The Balaban J connectivity index is 2.69. The van der Waals surface area contributed by atoms with Gasteiger partial charge in [-0.3, -0.25) is 0 Å². The van der Waals surface area contributed by atoms with E-state index in [1.54, 1.807) is 0 Å².